The van der Waals surface area contributed by atoms with Crippen molar-refractivity contribution in [1.82, 2.24) is 19.7 Å². The van der Waals surface area contributed by atoms with E-state index in [0.717, 1.165) is 31.5 Å². The molecule has 124 valence electrons. The van der Waals surface area contributed by atoms with Crippen molar-refractivity contribution in [2.24, 2.45) is 0 Å². The van der Waals surface area contributed by atoms with Crippen LogP contribution in [0, 0.1) is 0 Å². The normalized spacial score (nSPS) is 16.0. The molecule has 3 heterocycles. The number of nitrogens with two attached hydrogens (primary N) is 1. The number of carbonyl (C=O) groups is 1. The molecule has 8 heteroatoms. The Morgan fingerprint density at radius 1 is 1.30 bits per heavy atom. The zero-order valence-corrected chi connectivity index (χ0v) is 13.7. The van der Waals surface area contributed by atoms with E-state index in [1.807, 2.05) is 10.9 Å². The number of aromatic nitrogens is 3. The highest BCUT2D eigenvalue weighted by molar-refractivity contribution is 5.94. The summed E-state index contributed by atoms with van der Waals surface area (Å²) in [6.07, 6.45) is 7.42. The van der Waals surface area contributed by atoms with Crippen LogP contribution in [0.3, 0.4) is 0 Å². The predicted molar refractivity (Wildman–Crippen MR) is 89.8 cm³/mol. The van der Waals surface area contributed by atoms with Gasteiger partial charge >= 0.3 is 5.97 Å². The summed E-state index contributed by atoms with van der Waals surface area (Å²) in [5.74, 6) is -1.05. The largest absolute Gasteiger partial charge is 0.478 e. The van der Waals surface area contributed by atoms with Crippen molar-refractivity contribution >= 4 is 24.2 Å². The molecule has 0 aromatic carbocycles. The molecule has 1 aliphatic rings. The van der Waals surface area contributed by atoms with Crippen molar-refractivity contribution < 1.29 is 9.90 Å². The second kappa shape index (κ2) is 6.97. The lowest BCUT2D eigenvalue weighted by Crippen LogP contribution is -2.31. The summed E-state index contributed by atoms with van der Waals surface area (Å²) in [6.45, 7) is 2.12. The number of carboxylic acids is 1. The molecule has 0 unspecified atom stereocenters. The minimum absolute atomic E-state index is 0. The molecule has 2 aromatic heterocycles. The van der Waals surface area contributed by atoms with Crippen molar-refractivity contribution in [2.45, 2.75) is 18.9 Å². The topological polar surface area (TPSA) is 97.3 Å². The van der Waals surface area contributed by atoms with E-state index in [1.165, 1.54) is 0 Å². The first-order valence-corrected chi connectivity index (χ1v) is 7.26. The van der Waals surface area contributed by atoms with Gasteiger partial charge in [0.15, 0.2) is 0 Å². The van der Waals surface area contributed by atoms with Crippen molar-refractivity contribution in [2.75, 3.05) is 25.9 Å². The van der Waals surface area contributed by atoms with Crippen LogP contribution in [0.2, 0.25) is 0 Å². The van der Waals surface area contributed by atoms with E-state index >= 15 is 0 Å². The van der Waals surface area contributed by atoms with Crippen molar-refractivity contribution in [1.29, 1.82) is 0 Å². The molecule has 3 N–H and O–H groups in total. The van der Waals surface area contributed by atoms with E-state index < -0.39 is 5.97 Å². The molecule has 0 spiro atoms. The van der Waals surface area contributed by atoms with Gasteiger partial charge in [0.25, 0.3) is 0 Å². The summed E-state index contributed by atoms with van der Waals surface area (Å²) in [4.78, 5) is 17.4. The summed E-state index contributed by atoms with van der Waals surface area (Å²) in [7, 11) is 2.12. The summed E-state index contributed by atoms with van der Waals surface area (Å²) in [6, 6.07) is 1.94. The lowest BCUT2D eigenvalue weighted by Gasteiger charge is -2.28. The molecule has 0 radical (unpaired) electrons. The summed E-state index contributed by atoms with van der Waals surface area (Å²) in [5.41, 5.74) is 7.17. The van der Waals surface area contributed by atoms with Crippen LogP contribution < -0.4 is 5.73 Å². The van der Waals surface area contributed by atoms with Gasteiger partial charge in [-0.1, -0.05) is 0 Å². The first-order chi connectivity index (χ1) is 10.5. The molecule has 7 nitrogen and oxygen atoms in total. The van der Waals surface area contributed by atoms with Crippen LogP contribution in [0.25, 0.3) is 11.1 Å². The standard InChI is InChI=1S/C15H19N5O2.ClH/c1-19-4-2-12(3-5-19)20-9-11(8-18-20)10-6-13(15(21)22)14(16)17-7-10;/h6-9,12H,2-5H2,1H3,(H2,16,17)(H,21,22);1H. The maximum atomic E-state index is 11.1. The maximum absolute atomic E-state index is 11.1. The first-order valence-electron chi connectivity index (χ1n) is 7.26. The molecule has 0 aliphatic carbocycles. The number of likely N-dealkylation sites (tertiary alicyclic amines) is 1. The van der Waals surface area contributed by atoms with Gasteiger partial charge in [0.1, 0.15) is 11.4 Å². The molecular formula is C15H20ClN5O2. The average molecular weight is 338 g/mol. The second-order valence-corrected chi connectivity index (χ2v) is 5.71. The highest BCUT2D eigenvalue weighted by Gasteiger charge is 2.19. The Labute approximate surface area is 140 Å². The zero-order valence-electron chi connectivity index (χ0n) is 12.8. The molecule has 3 rings (SSSR count). The molecule has 0 atom stereocenters. The van der Waals surface area contributed by atoms with Gasteiger partial charge in [-0.05, 0) is 39.0 Å². The zero-order chi connectivity index (χ0) is 15.7. The van der Waals surface area contributed by atoms with Crippen LogP contribution in [0.4, 0.5) is 5.82 Å². The Kier molecular flexibility index (Phi) is 5.23. The third-order valence-corrected chi connectivity index (χ3v) is 4.15. The van der Waals surface area contributed by atoms with Gasteiger partial charge in [-0.3, -0.25) is 4.68 Å². The third kappa shape index (κ3) is 3.62. The predicted octanol–water partition coefficient (Wildman–Crippen LogP) is 1.91. The van der Waals surface area contributed by atoms with Gasteiger partial charge in [0, 0.05) is 23.5 Å². The van der Waals surface area contributed by atoms with Crippen LogP contribution in [0.15, 0.2) is 24.7 Å². The minimum Gasteiger partial charge on any atom is -0.478 e. The number of piperidine rings is 1. The Morgan fingerprint density at radius 2 is 2.00 bits per heavy atom. The fourth-order valence-corrected chi connectivity index (χ4v) is 2.75. The van der Waals surface area contributed by atoms with Crippen LogP contribution >= 0.6 is 12.4 Å². The SMILES string of the molecule is CN1CCC(n2cc(-c3cnc(N)c(C(=O)O)c3)cn2)CC1.Cl. The van der Waals surface area contributed by atoms with Crippen LogP contribution in [0.1, 0.15) is 29.2 Å². The molecule has 2 aromatic rings. The lowest BCUT2D eigenvalue weighted by molar-refractivity contribution is 0.0697. The number of aromatic carboxylic acids is 1. The van der Waals surface area contributed by atoms with E-state index in [0.29, 0.717) is 11.6 Å². The molecule has 1 saturated heterocycles. The van der Waals surface area contributed by atoms with Crippen molar-refractivity contribution in [3.8, 4) is 11.1 Å². The number of hydrogen-bond acceptors (Lipinski definition) is 5. The number of carboxylic acid groups (broad SMARTS) is 1. The molecule has 1 fully saturated rings. The van der Waals surface area contributed by atoms with E-state index in [2.05, 4.69) is 22.0 Å². The Hall–Kier alpha value is -2.12. The average Bonchev–Trinajstić information content (AvgIpc) is 2.98. The third-order valence-electron chi connectivity index (χ3n) is 4.15. The van der Waals surface area contributed by atoms with Gasteiger partial charge in [0.2, 0.25) is 0 Å². The van der Waals surface area contributed by atoms with Gasteiger partial charge < -0.3 is 15.7 Å². The quantitative estimate of drug-likeness (QED) is 0.888. The molecule has 0 saturated carbocycles. The van der Waals surface area contributed by atoms with Gasteiger partial charge in [0.05, 0.1) is 12.2 Å². The number of hydrogen-bond donors (Lipinski definition) is 2. The number of nitrogens with zero attached hydrogens (tertiary/aromatic N) is 4. The Morgan fingerprint density at radius 3 is 2.65 bits per heavy atom. The lowest BCUT2D eigenvalue weighted by atomic mass is 10.1. The van der Waals surface area contributed by atoms with Gasteiger partial charge in [-0.2, -0.15) is 5.10 Å². The number of anilines is 1. The van der Waals surface area contributed by atoms with Gasteiger partial charge in [-0.25, -0.2) is 9.78 Å². The highest BCUT2D eigenvalue weighted by atomic mass is 35.5. The second-order valence-electron chi connectivity index (χ2n) is 5.71. The van der Waals surface area contributed by atoms with Crippen molar-refractivity contribution in [3.63, 3.8) is 0 Å². The van der Waals surface area contributed by atoms with Gasteiger partial charge in [-0.15, -0.1) is 12.4 Å². The van der Waals surface area contributed by atoms with E-state index in [-0.39, 0.29) is 23.8 Å². The number of nitrogen functional groups attached to an aromatic ring is 1. The molecule has 0 amide bonds. The van der Waals surface area contributed by atoms with E-state index in [1.54, 1.807) is 18.5 Å². The minimum atomic E-state index is -1.07. The molecule has 0 bridgehead atoms. The highest BCUT2D eigenvalue weighted by Crippen LogP contribution is 2.26. The summed E-state index contributed by atoms with van der Waals surface area (Å²) < 4.78 is 1.97. The van der Waals surface area contributed by atoms with E-state index in [4.69, 9.17) is 10.8 Å². The monoisotopic (exact) mass is 337 g/mol. The van der Waals surface area contributed by atoms with E-state index in [9.17, 15) is 4.79 Å². The number of halogens is 1. The van der Waals surface area contributed by atoms with Crippen molar-refractivity contribution in [3.05, 3.63) is 30.2 Å². The summed E-state index contributed by atoms with van der Waals surface area (Å²) >= 11 is 0. The summed E-state index contributed by atoms with van der Waals surface area (Å²) in [5, 5.41) is 13.6. The Balaban J connectivity index is 0.00000192. The maximum Gasteiger partial charge on any atom is 0.339 e. The number of rotatable bonds is 3. The van der Waals surface area contributed by atoms with Crippen LogP contribution in [-0.4, -0.2) is 50.9 Å². The Bertz CT molecular complexity index is 695. The molecule has 1 aliphatic heterocycles. The first kappa shape index (κ1) is 17.2. The number of pyridine rings is 1. The fourth-order valence-electron chi connectivity index (χ4n) is 2.75. The van der Waals surface area contributed by atoms with Crippen LogP contribution in [0.5, 0.6) is 0 Å². The molecular weight excluding hydrogens is 318 g/mol. The van der Waals surface area contributed by atoms with Crippen LogP contribution in [-0.2, 0) is 0 Å². The fraction of sp³-hybridized carbons (Fsp3) is 0.400. The molecule has 23 heavy (non-hydrogen) atoms. The smallest absolute Gasteiger partial charge is 0.339 e.